The molecule has 1 atom stereocenters. The predicted molar refractivity (Wildman–Crippen MR) is 65.8 cm³/mol. The Morgan fingerprint density at radius 3 is 2.06 bits per heavy atom. The largest absolute Gasteiger partial charge is 0.480 e. The summed E-state index contributed by atoms with van der Waals surface area (Å²) in [7, 11) is -3.75. The van der Waals surface area contributed by atoms with Gasteiger partial charge in [0.25, 0.3) is 10.2 Å². The molecular formula is C10H22N2O4S. The van der Waals surface area contributed by atoms with E-state index < -0.39 is 22.2 Å². The first-order valence-electron chi connectivity index (χ1n) is 5.63. The average molecular weight is 266 g/mol. The average Bonchev–Trinajstić information content (AvgIpc) is 2.12. The highest BCUT2D eigenvalue weighted by atomic mass is 32.2. The van der Waals surface area contributed by atoms with Gasteiger partial charge in [0.05, 0.1) is 0 Å². The van der Waals surface area contributed by atoms with Gasteiger partial charge in [-0.3, -0.25) is 4.79 Å². The fourth-order valence-corrected chi connectivity index (χ4v) is 2.38. The summed E-state index contributed by atoms with van der Waals surface area (Å²) in [6.45, 7) is 7.69. The quantitative estimate of drug-likeness (QED) is 0.598. The van der Waals surface area contributed by atoms with Crippen LogP contribution in [0.4, 0.5) is 0 Å². The zero-order chi connectivity index (χ0) is 13.6. The van der Waals surface area contributed by atoms with Crippen LogP contribution in [0.5, 0.6) is 0 Å². The van der Waals surface area contributed by atoms with Crippen molar-refractivity contribution in [2.45, 2.75) is 40.2 Å². The number of rotatable bonds is 8. The van der Waals surface area contributed by atoms with Gasteiger partial charge < -0.3 is 5.11 Å². The molecule has 0 spiro atoms. The predicted octanol–water partition coefficient (Wildman–Crippen LogP) is 0.566. The van der Waals surface area contributed by atoms with E-state index in [0.29, 0.717) is 0 Å². The highest BCUT2D eigenvalue weighted by Gasteiger charge is 2.24. The van der Waals surface area contributed by atoms with Crippen molar-refractivity contribution < 1.29 is 18.3 Å². The molecule has 0 radical (unpaired) electrons. The van der Waals surface area contributed by atoms with E-state index in [1.807, 2.05) is 27.7 Å². The maximum atomic E-state index is 11.5. The molecule has 0 aliphatic rings. The molecule has 0 aromatic rings. The number of carboxylic acids is 1. The van der Waals surface area contributed by atoms with Gasteiger partial charge in [-0.1, -0.05) is 27.7 Å². The standard InChI is InChI=1S/C10H22N2O4S/c1-7(2)5-9(10(13)14)12-17(15,16)11-6-8(3)4/h7-9,11-12H,5-6H2,1-4H3,(H,13,14)/t9-/m1/s1. The van der Waals surface area contributed by atoms with Crippen LogP contribution in [0.15, 0.2) is 0 Å². The maximum Gasteiger partial charge on any atom is 0.321 e. The molecule has 0 amide bonds. The van der Waals surface area contributed by atoms with Crippen molar-refractivity contribution in [2.75, 3.05) is 6.54 Å². The number of nitrogens with one attached hydrogen (secondary N) is 2. The molecule has 0 aromatic carbocycles. The first kappa shape index (κ1) is 16.3. The van der Waals surface area contributed by atoms with Gasteiger partial charge in [0.1, 0.15) is 6.04 Å². The van der Waals surface area contributed by atoms with Crippen LogP contribution in [-0.4, -0.2) is 32.1 Å². The second kappa shape index (κ2) is 6.93. The highest BCUT2D eigenvalue weighted by Crippen LogP contribution is 2.05. The minimum absolute atomic E-state index is 0.101. The summed E-state index contributed by atoms with van der Waals surface area (Å²) in [5.41, 5.74) is 0. The molecule has 0 saturated heterocycles. The molecular weight excluding hydrogens is 244 g/mol. The summed E-state index contributed by atoms with van der Waals surface area (Å²) in [4.78, 5) is 10.9. The highest BCUT2D eigenvalue weighted by molar-refractivity contribution is 7.87. The van der Waals surface area contributed by atoms with Gasteiger partial charge in [0, 0.05) is 6.54 Å². The Kier molecular flexibility index (Phi) is 6.66. The van der Waals surface area contributed by atoms with E-state index in [1.165, 1.54) is 0 Å². The molecule has 0 heterocycles. The Balaban J connectivity index is 4.48. The molecule has 0 aliphatic carbocycles. The Hall–Kier alpha value is -0.660. The molecule has 17 heavy (non-hydrogen) atoms. The van der Waals surface area contributed by atoms with Gasteiger partial charge in [-0.05, 0) is 18.3 Å². The Labute approximate surface area is 103 Å². The van der Waals surface area contributed by atoms with Crippen molar-refractivity contribution in [1.82, 2.24) is 9.44 Å². The van der Waals surface area contributed by atoms with Gasteiger partial charge in [-0.15, -0.1) is 0 Å². The Morgan fingerprint density at radius 1 is 1.18 bits per heavy atom. The topological polar surface area (TPSA) is 95.5 Å². The van der Waals surface area contributed by atoms with Crippen molar-refractivity contribution in [3.05, 3.63) is 0 Å². The molecule has 0 aromatic heterocycles. The van der Waals surface area contributed by atoms with Crippen molar-refractivity contribution >= 4 is 16.2 Å². The SMILES string of the molecule is CC(C)CNS(=O)(=O)N[C@H](CC(C)C)C(=O)O. The smallest absolute Gasteiger partial charge is 0.321 e. The molecule has 3 N–H and O–H groups in total. The molecule has 0 rings (SSSR count). The van der Waals surface area contributed by atoms with Crippen LogP contribution < -0.4 is 9.44 Å². The maximum absolute atomic E-state index is 11.5. The normalized spacial score (nSPS) is 14.2. The third-order valence-electron chi connectivity index (χ3n) is 1.98. The van der Waals surface area contributed by atoms with E-state index in [1.54, 1.807) is 0 Å². The molecule has 0 bridgehead atoms. The molecule has 0 fully saturated rings. The minimum Gasteiger partial charge on any atom is -0.480 e. The van der Waals surface area contributed by atoms with E-state index in [-0.39, 0.29) is 24.8 Å². The number of aliphatic carboxylic acids is 1. The Bertz CT molecular complexity index is 338. The van der Waals surface area contributed by atoms with Crippen molar-refractivity contribution in [3.63, 3.8) is 0 Å². The minimum atomic E-state index is -3.75. The van der Waals surface area contributed by atoms with E-state index in [4.69, 9.17) is 5.11 Å². The number of carboxylic acid groups (broad SMARTS) is 1. The van der Waals surface area contributed by atoms with E-state index in [9.17, 15) is 13.2 Å². The van der Waals surface area contributed by atoms with Gasteiger partial charge >= 0.3 is 5.97 Å². The summed E-state index contributed by atoms with van der Waals surface area (Å²) < 4.78 is 27.5. The van der Waals surface area contributed by atoms with Crippen LogP contribution >= 0.6 is 0 Å². The number of hydrogen-bond donors (Lipinski definition) is 3. The fourth-order valence-electron chi connectivity index (χ4n) is 1.18. The summed E-state index contributed by atoms with van der Waals surface area (Å²) in [6, 6.07) is -1.08. The Morgan fingerprint density at radius 2 is 1.71 bits per heavy atom. The number of hydrogen-bond acceptors (Lipinski definition) is 3. The van der Waals surface area contributed by atoms with Crippen molar-refractivity contribution in [3.8, 4) is 0 Å². The summed E-state index contributed by atoms with van der Waals surface area (Å²) in [6.07, 6.45) is 0.262. The van der Waals surface area contributed by atoms with E-state index in [0.717, 1.165) is 0 Å². The van der Waals surface area contributed by atoms with Crippen LogP contribution in [0.25, 0.3) is 0 Å². The summed E-state index contributed by atoms with van der Waals surface area (Å²) in [5, 5.41) is 8.91. The lowest BCUT2D eigenvalue weighted by molar-refractivity contribution is -0.139. The lowest BCUT2D eigenvalue weighted by atomic mass is 10.1. The molecule has 7 heteroatoms. The molecule has 0 saturated carbocycles. The van der Waals surface area contributed by atoms with Crippen LogP contribution in [0, 0.1) is 11.8 Å². The third-order valence-corrected chi connectivity index (χ3v) is 3.13. The van der Waals surface area contributed by atoms with Gasteiger partial charge in [-0.2, -0.15) is 13.1 Å². The second-order valence-corrected chi connectivity index (χ2v) is 6.42. The zero-order valence-corrected chi connectivity index (χ0v) is 11.5. The lowest BCUT2D eigenvalue weighted by Crippen LogP contribution is -2.47. The van der Waals surface area contributed by atoms with Crippen molar-refractivity contribution in [1.29, 1.82) is 0 Å². The molecule has 0 aliphatic heterocycles. The summed E-state index contributed by atoms with van der Waals surface area (Å²) >= 11 is 0. The van der Waals surface area contributed by atoms with Crippen LogP contribution in [-0.2, 0) is 15.0 Å². The monoisotopic (exact) mass is 266 g/mol. The zero-order valence-electron chi connectivity index (χ0n) is 10.7. The molecule has 6 nitrogen and oxygen atoms in total. The first-order chi connectivity index (χ1) is 7.64. The van der Waals surface area contributed by atoms with E-state index >= 15 is 0 Å². The number of carbonyl (C=O) groups is 1. The summed E-state index contributed by atoms with van der Waals surface area (Å²) in [5.74, 6) is -0.891. The lowest BCUT2D eigenvalue weighted by Gasteiger charge is -2.17. The van der Waals surface area contributed by atoms with Crippen molar-refractivity contribution in [2.24, 2.45) is 11.8 Å². The van der Waals surface area contributed by atoms with Crippen LogP contribution in [0.1, 0.15) is 34.1 Å². The van der Waals surface area contributed by atoms with Gasteiger partial charge in [-0.25, -0.2) is 4.72 Å². The fraction of sp³-hybridized carbons (Fsp3) is 0.900. The van der Waals surface area contributed by atoms with Crippen LogP contribution in [0.2, 0.25) is 0 Å². The van der Waals surface area contributed by atoms with Gasteiger partial charge in [0.15, 0.2) is 0 Å². The molecule has 102 valence electrons. The first-order valence-corrected chi connectivity index (χ1v) is 7.12. The molecule has 0 unspecified atom stereocenters. The van der Waals surface area contributed by atoms with E-state index in [2.05, 4.69) is 9.44 Å². The van der Waals surface area contributed by atoms with Gasteiger partial charge in [0.2, 0.25) is 0 Å². The third kappa shape index (κ3) is 8.12. The van der Waals surface area contributed by atoms with Crippen LogP contribution in [0.3, 0.4) is 0 Å². The second-order valence-electron chi connectivity index (χ2n) is 4.88.